The lowest BCUT2D eigenvalue weighted by molar-refractivity contribution is -0.154. The van der Waals surface area contributed by atoms with Gasteiger partial charge in [0.2, 0.25) is 5.54 Å². The number of rotatable bonds is 9. The standard InChI is InChI=1S/C20H20I2N2O5/c1-12(25)17(14-7-9-15(26)10-8-14)20(19(28)29,24(21)22)18(27)16(23)11-13-5-3-2-4-6-13/h2-10,16-17,26H,11,23H2,1H3,(H,28,29)/t16-,17?,20-/m1/s1. The molecule has 29 heavy (non-hydrogen) atoms. The van der Waals surface area contributed by atoms with Crippen LogP contribution in [-0.2, 0) is 20.8 Å². The summed E-state index contributed by atoms with van der Waals surface area (Å²) in [5.74, 6) is -4.10. The summed E-state index contributed by atoms with van der Waals surface area (Å²) in [4.78, 5) is 38.6. The van der Waals surface area contributed by atoms with Gasteiger partial charge in [-0.25, -0.2) is 4.79 Å². The first-order valence-corrected chi connectivity index (χ1v) is 10.5. The van der Waals surface area contributed by atoms with E-state index in [1.807, 2.05) is 6.07 Å². The minimum atomic E-state index is -2.22. The molecule has 0 bridgehead atoms. The van der Waals surface area contributed by atoms with Gasteiger partial charge in [-0.05, 0) is 36.6 Å². The molecule has 0 aliphatic carbocycles. The first kappa shape index (κ1) is 23.7. The van der Waals surface area contributed by atoms with Crippen LogP contribution >= 0.6 is 45.7 Å². The number of nitrogens with two attached hydrogens (primary N) is 1. The van der Waals surface area contributed by atoms with Gasteiger partial charge in [0.05, 0.1) is 12.0 Å². The smallest absolute Gasteiger partial charge is 0.334 e. The fourth-order valence-electron chi connectivity index (χ4n) is 3.30. The zero-order valence-corrected chi connectivity index (χ0v) is 19.8. The lowest BCUT2D eigenvalue weighted by Gasteiger charge is -2.38. The number of nitrogens with zero attached hydrogens (tertiary/aromatic N) is 1. The lowest BCUT2D eigenvalue weighted by atomic mass is 9.72. The zero-order chi connectivity index (χ0) is 21.8. The Kier molecular flexibility index (Phi) is 8.14. The van der Waals surface area contributed by atoms with Crippen molar-refractivity contribution in [2.24, 2.45) is 5.73 Å². The minimum absolute atomic E-state index is 0.0371. The number of carbonyl (C=O) groups is 3. The number of aromatic hydroxyl groups is 1. The number of phenolic OH excluding ortho intramolecular Hbond substituents is 1. The van der Waals surface area contributed by atoms with Crippen LogP contribution in [0.5, 0.6) is 5.75 Å². The Hall–Kier alpha value is -1.57. The van der Waals surface area contributed by atoms with Crippen LogP contribution in [0.25, 0.3) is 0 Å². The predicted octanol–water partition coefficient (Wildman–Crippen LogP) is 3.03. The van der Waals surface area contributed by atoms with Gasteiger partial charge >= 0.3 is 5.97 Å². The first-order chi connectivity index (χ1) is 13.6. The summed E-state index contributed by atoms with van der Waals surface area (Å²) in [5.41, 5.74) is 5.01. The number of carboxylic acid groups (broad SMARTS) is 1. The first-order valence-electron chi connectivity index (χ1n) is 8.60. The van der Waals surface area contributed by atoms with Crippen molar-refractivity contribution < 1.29 is 24.6 Å². The van der Waals surface area contributed by atoms with Crippen molar-refractivity contribution in [2.75, 3.05) is 0 Å². The molecule has 0 amide bonds. The molecular formula is C20H20I2N2O5. The van der Waals surface area contributed by atoms with E-state index in [0.29, 0.717) is 5.56 Å². The fourth-order valence-corrected chi connectivity index (χ4v) is 4.75. The highest BCUT2D eigenvalue weighted by molar-refractivity contribution is 14.2. The van der Waals surface area contributed by atoms with E-state index >= 15 is 0 Å². The highest BCUT2D eigenvalue weighted by atomic mass is 127. The molecule has 0 heterocycles. The normalized spacial score (nSPS) is 15.3. The number of halogens is 2. The summed E-state index contributed by atoms with van der Waals surface area (Å²) in [6, 6.07) is 13.4. The zero-order valence-electron chi connectivity index (χ0n) is 15.5. The van der Waals surface area contributed by atoms with E-state index in [9.17, 15) is 24.6 Å². The predicted molar refractivity (Wildman–Crippen MR) is 125 cm³/mol. The molecule has 1 unspecified atom stereocenters. The van der Waals surface area contributed by atoms with E-state index in [1.54, 1.807) is 70.0 Å². The molecule has 2 aromatic carbocycles. The molecule has 0 saturated carbocycles. The molecular weight excluding hydrogens is 602 g/mol. The molecule has 0 fully saturated rings. The van der Waals surface area contributed by atoms with Crippen LogP contribution in [0.4, 0.5) is 0 Å². The van der Waals surface area contributed by atoms with Crippen molar-refractivity contribution in [3.63, 3.8) is 0 Å². The van der Waals surface area contributed by atoms with Crippen molar-refractivity contribution in [3.05, 3.63) is 65.7 Å². The Bertz CT molecular complexity index is 890. The van der Waals surface area contributed by atoms with Gasteiger partial charge < -0.3 is 15.9 Å². The highest BCUT2D eigenvalue weighted by Gasteiger charge is 2.59. The molecule has 7 nitrogen and oxygen atoms in total. The number of Topliss-reactive ketones (excluding diaryl/α,β-unsaturated/α-hetero) is 2. The van der Waals surface area contributed by atoms with Gasteiger partial charge in [-0.3, -0.25) is 9.59 Å². The molecule has 0 radical (unpaired) electrons. The van der Waals surface area contributed by atoms with Gasteiger partial charge in [0.15, 0.2) is 5.78 Å². The molecule has 0 aromatic heterocycles. The largest absolute Gasteiger partial charge is 0.508 e. The molecule has 3 atom stereocenters. The Balaban J connectivity index is 2.59. The van der Waals surface area contributed by atoms with Crippen molar-refractivity contribution in [3.8, 4) is 5.75 Å². The van der Waals surface area contributed by atoms with Crippen LogP contribution < -0.4 is 5.73 Å². The molecule has 0 spiro atoms. The number of benzene rings is 2. The van der Waals surface area contributed by atoms with Gasteiger partial charge in [-0.15, -0.1) is 0 Å². The second-order valence-corrected chi connectivity index (χ2v) is 10.4. The van der Waals surface area contributed by atoms with E-state index in [0.717, 1.165) is 5.56 Å². The number of hydrogen-bond donors (Lipinski definition) is 3. The maximum absolute atomic E-state index is 13.5. The van der Waals surface area contributed by atoms with Crippen LogP contribution in [0.1, 0.15) is 24.0 Å². The maximum atomic E-state index is 13.5. The molecule has 4 N–H and O–H groups in total. The summed E-state index contributed by atoms with van der Waals surface area (Å²) in [6.07, 6.45) is 0.135. The van der Waals surface area contributed by atoms with Crippen LogP contribution in [-0.4, -0.2) is 40.7 Å². The third kappa shape index (κ3) is 4.95. The summed E-state index contributed by atoms with van der Waals surface area (Å²) in [6.45, 7) is 1.24. The SMILES string of the molecule is CC(=O)C(c1ccc(O)cc1)[C@](C(=O)O)(C(=O)[C@H](N)Cc1ccccc1)N(I)I. The summed E-state index contributed by atoms with van der Waals surface area (Å²) in [5, 5.41) is 19.7. The fraction of sp³-hybridized carbons (Fsp3) is 0.250. The molecule has 2 aromatic rings. The topological polar surface area (TPSA) is 121 Å². The average Bonchev–Trinajstić information content (AvgIpc) is 2.66. The number of ketones is 2. The number of carboxylic acids is 1. The number of hydrogen-bond acceptors (Lipinski definition) is 6. The van der Waals surface area contributed by atoms with Gasteiger partial charge in [-0.2, -0.15) is 1.33 Å². The van der Waals surface area contributed by atoms with Crippen molar-refractivity contribution in [1.82, 2.24) is 1.33 Å². The van der Waals surface area contributed by atoms with Crippen LogP contribution in [0.3, 0.4) is 0 Å². The van der Waals surface area contributed by atoms with Crippen LogP contribution in [0, 0.1) is 0 Å². The summed E-state index contributed by atoms with van der Waals surface area (Å²) >= 11 is 3.39. The molecule has 9 heteroatoms. The monoisotopic (exact) mass is 622 g/mol. The second-order valence-electron chi connectivity index (χ2n) is 6.60. The maximum Gasteiger partial charge on any atom is 0.334 e. The van der Waals surface area contributed by atoms with E-state index in [-0.39, 0.29) is 12.2 Å². The molecule has 0 aliphatic heterocycles. The number of carbonyl (C=O) groups excluding carboxylic acids is 2. The summed E-state index contributed by atoms with van der Waals surface area (Å²) in [7, 11) is 0. The van der Waals surface area contributed by atoms with Crippen molar-refractivity contribution in [2.45, 2.75) is 30.8 Å². The van der Waals surface area contributed by atoms with Gasteiger partial charge in [0.25, 0.3) is 0 Å². The van der Waals surface area contributed by atoms with Gasteiger partial charge in [-0.1, -0.05) is 42.5 Å². The van der Waals surface area contributed by atoms with E-state index in [1.165, 1.54) is 32.5 Å². The Labute approximate surface area is 196 Å². The van der Waals surface area contributed by atoms with Crippen LogP contribution in [0.2, 0.25) is 0 Å². The van der Waals surface area contributed by atoms with Crippen molar-refractivity contribution >= 4 is 63.3 Å². The quantitative estimate of drug-likeness (QED) is 0.224. The van der Waals surface area contributed by atoms with Gasteiger partial charge in [0.1, 0.15) is 11.5 Å². The second kappa shape index (κ2) is 9.96. The van der Waals surface area contributed by atoms with E-state index in [4.69, 9.17) is 5.73 Å². The van der Waals surface area contributed by atoms with Gasteiger partial charge in [0, 0.05) is 45.7 Å². The van der Waals surface area contributed by atoms with Crippen LogP contribution in [0.15, 0.2) is 54.6 Å². The Morgan fingerprint density at radius 3 is 2.07 bits per heavy atom. The highest BCUT2D eigenvalue weighted by Crippen LogP contribution is 2.41. The van der Waals surface area contributed by atoms with E-state index in [2.05, 4.69) is 0 Å². The number of phenols is 1. The third-order valence-corrected chi connectivity index (χ3v) is 6.18. The summed E-state index contributed by atoms with van der Waals surface area (Å²) < 4.78 is 1.18. The van der Waals surface area contributed by atoms with Crippen molar-refractivity contribution in [1.29, 1.82) is 0 Å². The third-order valence-electron chi connectivity index (χ3n) is 4.65. The molecule has 2 rings (SSSR count). The molecule has 154 valence electrons. The number of aliphatic carboxylic acids is 1. The average molecular weight is 622 g/mol. The Morgan fingerprint density at radius 1 is 1.07 bits per heavy atom. The minimum Gasteiger partial charge on any atom is -0.508 e. The Morgan fingerprint density at radius 2 is 1.62 bits per heavy atom. The van der Waals surface area contributed by atoms with E-state index < -0.39 is 35.0 Å². The lowest BCUT2D eigenvalue weighted by Crippen LogP contribution is -2.63. The molecule has 0 saturated heterocycles. The molecule has 0 aliphatic rings.